The van der Waals surface area contributed by atoms with Gasteiger partial charge in [0, 0.05) is 0 Å². The summed E-state index contributed by atoms with van der Waals surface area (Å²) in [5.41, 5.74) is 0. The van der Waals surface area contributed by atoms with Crippen molar-refractivity contribution in [3.63, 3.8) is 0 Å². The molecule has 1 N–H and O–H groups in total. The molecule has 0 saturated heterocycles. The highest BCUT2D eigenvalue weighted by Gasteiger charge is 2.00. The second-order valence-electron chi connectivity index (χ2n) is 2.44. The van der Waals surface area contributed by atoms with Gasteiger partial charge in [0.05, 0.1) is 18.8 Å². The lowest BCUT2D eigenvalue weighted by molar-refractivity contribution is 0.00464. The number of aliphatic hydroxyl groups excluding tert-OH is 1. The van der Waals surface area contributed by atoms with Gasteiger partial charge in [-0.1, -0.05) is 6.92 Å². The van der Waals surface area contributed by atoms with Crippen LogP contribution in [-0.4, -0.2) is 23.9 Å². The lowest BCUT2D eigenvalue weighted by Gasteiger charge is -2.10. The molecule has 0 saturated carbocycles. The quantitative estimate of drug-likeness (QED) is 0.622. The van der Waals surface area contributed by atoms with Gasteiger partial charge in [-0.2, -0.15) is 0 Å². The predicted octanol–water partition coefficient (Wildman–Crippen LogP) is 1.18. The maximum Gasteiger partial charge on any atom is 0.0771 e. The lowest BCUT2D eigenvalue weighted by atomic mass is 10.3. The van der Waals surface area contributed by atoms with Crippen LogP contribution < -0.4 is 0 Å². The molecule has 0 aromatic rings. The molecule has 2 nitrogen and oxygen atoms in total. The SMILES string of the molecule is CC[C@@H](O)COC(C)C. The van der Waals surface area contributed by atoms with Gasteiger partial charge in [0.1, 0.15) is 0 Å². The van der Waals surface area contributed by atoms with Crippen LogP contribution in [0.15, 0.2) is 0 Å². The summed E-state index contributed by atoms with van der Waals surface area (Å²) in [6.07, 6.45) is 0.714. The highest BCUT2D eigenvalue weighted by atomic mass is 16.5. The Morgan fingerprint density at radius 3 is 2.33 bits per heavy atom. The van der Waals surface area contributed by atoms with E-state index in [4.69, 9.17) is 9.84 Å². The minimum absolute atomic E-state index is 0.228. The summed E-state index contributed by atoms with van der Waals surface area (Å²) < 4.78 is 5.14. The smallest absolute Gasteiger partial charge is 0.0771 e. The van der Waals surface area contributed by atoms with Gasteiger partial charge >= 0.3 is 0 Å². The molecular formula is C7H16O2. The number of hydrogen-bond donors (Lipinski definition) is 1. The Balaban J connectivity index is 3.06. The maximum absolute atomic E-state index is 8.98. The molecule has 0 fully saturated rings. The van der Waals surface area contributed by atoms with Gasteiger partial charge in [0.25, 0.3) is 0 Å². The summed E-state index contributed by atoms with van der Waals surface area (Å²) in [7, 11) is 0. The van der Waals surface area contributed by atoms with Crippen molar-refractivity contribution in [2.45, 2.75) is 39.4 Å². The minimum Gasteiger partial charge on any atom is -0.391 e. The molecular weight excluding hydrogens is 116 g/mol. The summed E-state index contributed by atoms with van der Waals surface area (Å²) in [5, 5.41) is 8.98. The zero-order valence-electron chi connectivity index (χ0n) is 6.42. The van der Waals surface area contributed by atoms with Gasteiger partial charge in [0.2, 0.25) is 0 Å². The molecule has 0 amide bonds. The summed E-state index contributed by atoms with van der Waals surface area (Å²) in [5.74, 6) is 0. The standard InChI is InChI=1S/C7H16O2/c1-4-7(8)5-9-6(2)3/h6-8H,4-5H2,1-3H3/t7-/m1/s1. The van der Waals surface area contributed by atoms with E-state index in [9.17, 15) is 0 Å². The molecule has 0 unspecified atom stereocenters. The number of rotatable bonds is 4. The first kappa shape index (κ1) is 8.92. The Morgan fingerprint density at radius 1 is 1.44 bits per heavy atom. The molecule has 56 valence electrons. The first-order valence-electron chi connectivity index (χ1n) is 3.46. The Morgan fingerprint density at radius 2 is 2.00 bits per heavy atom. The van der Waals surface area contributed by atoms with E-state index in [0.717, 1.165) is 6.42 Å². The fourth-order valence-electron chi connectivity index (χ4n) is 0.421. The molecule has 0 bridgehead atoms. The van der Waals surface area contributed by atoms with E-state index in [1.807, 2.05) is 20.8 Å². The van der Waals surface area contributed by atoms with Gasteiger partial charge < -0.3 is 9.84 Å². The van der Waals surface area contributed by atoms with E-state index < -0.39 is 0 Å². The third-order valence-corrected chi connectivity index (χ3v) is 1.09. The van der Waals surface area contributed by atoms with Crippen LogP contribution in [0, 0.1) is 0 Å². The molecule has 0 radical (unpaired) electrons. The van der Waals surface area contributed by atoms with Crippen molar-refractivity contribution in [2.24, 2.45) is 0 Å². The molecule has 0 spiro atoms. The first-order chi connectivity index (χ1) is 4.16. The molecule has 0 aliphatic carbocycles. The third-order valence-electron chi connectivity index (χ3n) is 1.09. The number of aliphatic hydroxyl groups is 1. The van der Waals surface area contributed by atoms with Crippen molar-refractivity contribution in [3.8, 4) is 0 Å². The van der Waals surface area contributed by atoms with Crippen molar-refractivity contribution in [2.75, 3.05) is 6.61 Å². The van der Waals surface area contributed by atoms with E-state index in [-0.39, 0.29) is 12.2 Å². The lowest BCUT2D eigenvalue weighted by Crippen LogP contribution is -2.16. The van der Waals surface area contributed by atoms with Gasteiger partial charge in [0.15, 0.2) is 0 Å². The van der Waals surface area contributed by atoms with Gasteiger partial charge in [-0.3, -0.25) is 0 Å². The topological polar surface area (TPSA) is 29.5 Å². The van der Waals surface area contributed by atoms with Crippen LogP contribution in [0.3, 0.4) is 0 Å². The zero-order valence-corrected chi connectivity index (χ0v) is 6.42. The highest BCUT2D eigenvalue weighted by Crippen LogP contribution is 1.94. The molecule has 1 atom stereocenters. The van der Waals surface area contributed by atoms with Crippen LogP contribution in [0.2, 0.25) is 0 Å². The largest absolute Gasteiger partial charge is 0.391 e. The van der Waals surface area contributed by atoms with Crippen LogP contribution in [-0.2, 0) is 4.74 Å². The summed E-state index contributed by atoms with van der Waals surface area (Å²) in [4.78, 5) is 0. The maximum atomic E-state index is 8.98. The van der Waals surface area contributed by atoms with Gasteiger partial charge in [-0.05, 0) is 20.3 Å². The van der Waals surface area contributed by atoms with Crippen LogP contribution in [0.1, 0.15) is 27.2 Å². The average Bonchev–Trinajstić information content (AvgIpc) is 1.83. The molecule has 0 aromatic heterocycles. The molecule has 0 aliphatic heterocycles. The summed E-state index contributed by atoms with van der Waals surface area (Å²) in [6.45, 7) is 6.33. The van der Waals surface area contributed by atoms with E-state index in [0.29, 0.717) is 6.61 Å². The average molecular weight is 132 g/mol. The molecule has 2 heteroatoms. The van der Waals surface area contributed by atoms with E-state index >= 15 is 0 Å². The second kappa shape index (κ2) is 4.77. The second-order valence-corrected chi connectivity index (χ2v) is 2.44. The first-order valence-corrected chi connectivity index (χ1v) is 3.46. The Hall–Kier alpha value is -0.0800. The highest BCUT2D eigenvalue weighted by molar-refractivity contribution is 4.49. The molecule has 0 rings (SSSR count). The number of ether oxygens (including phenoxy) is 1. The molecule has 9 heavy (non-hydrogen) atoms. The zero-order chi connectivity index (χ0) is 7.28. The van der Waals surface area contributed by atoms with E-state index in [2.05, 4.69) is 0 Å². The van der Waals surface area contributed by atoms with Crippen molar-refractivity contribution in [1.82, 2.24) is 0 Å². The third kappa shape index (κ3) is 5.80. The van der Waals surface area contributed by atoms with Gasteiger partial charge in [-0.15, -0.1) is 0 Å². The monoisotopic (exact) mass is 132 g/mol. The summed E-state index contributed by atoms with van der Waals surface area (Å²) in [6, 6.07) is 0. The molecule has 0 aromatic carbocycles. The fraction of sp³-hybridized carbons (Fsp3) is 1.00. The predicted molar refractivity (Wildman–Crippen MR) is 37.4 cm³/mol. The Kier molecular flexibility index (Phi) is 4.72. The van der Waals surface area contributed by atoms with Crippen molar-refractivity contribution >= 4 is 0 Å². The van der Waals surface area contributed by atoms with Crippen molar-refractivity contribution in [3.05, 3.63) is 0 Å². The molecule has 0 heterocycles. The summed E-state index contributed by atoms with van der Waals surface area (Å²) >= 11 is 0. The Bertz CT molecular complexity index is 61.9. The van der Waals surface area contributed by atoms with Crippen LogP contribution in [0.25, 0.3) is 0 Å². The normalized spacial score (nSPS) is 14.3. The number of hydrogen-bond acceptors (Lipinski definition) is 2. The van der Waals surface area contributed by atoms with Crippen LogP contribution in [0.5, 0.6) is 0 Å². The van der Waals surface area contributed by atoms with Crippen LogP contribution >= 0.6 is 0 Å². The van der Waals surface area contributed by atoms with E-state index in [1.165, 1.54) is 0 Å². The Labute approximate surface area is 56.8 Å². The van der Waals surface area contributed by atoms with E-state index in [1.54, 1.807) is 0 Å². The van der Waals surface area contributed by atoms with Crippen molar-refractivity contribution in [1.29, 1.82) is 0 Å². The van der Waals surface area contributed by atoms with Crippen molar-refractivity contribution < 1.29 is 9.84 Å². The fourth-order valence-corrected chi connectivity index (χ4v) is 0.421. The van der Waals surface area contributed by atoms with Gasteiger partial charge in [-0.25, -0.2) is 0 Å². The van der Waals surface area contributed by atoms with Crippen LogP contribution in [0.4, 0.5) is 0 Å². The molecule has 0 aliphatic rings. The minimum atomic E-state index is -0.285.